The van der Waals surface area contributed by atoms with Crippen molar-refractivity contribution in [3.63, 3.8) is 0 Å². The molecular formula is C17H12BrClN2O2. The SMILES string of the molecule is O=C(c1c[nH]c2cc(Br)ncc12)C1COc2ccc(Cl)cc2C1. The quantitative estimate of drug-likeness (QED) is 0.520. The molecule has 0 bridgehead atoms. The Labute approximate surface area is 145 Å². The molecule has 1 aliphatic heterocycles. The Bertz CT molecular complexity index is 922. The van der Waals surface area contributed by atoms with Crippen LogP contribution >= 0.6 is 27.5 Å². The molecule has 0 fully saturated rings. The van der Waals surface area contributed by atoms with Crippen LogP contribution in [-0.2, 0) is 6.42 Å². The second-order valence-electron chi connectivity index (χ2n) is 5.58. The molecule has 1 atom stereocenters. The van der Waals surface area contributed by atoms with Crippen LogP contribution in [0.5, 0.6) is 5.75 Å². The lowest BCUT2D eigenvalue weighted by Crippen LogP contribution is -2.28. The monoisotopic (exact) mass is 390 g/mol. The summed E-state index contributed by atoms with van der Waals surface area (Å²) in [4.78, 5) is 20.2. The van der Waals surface area contributed by atoms with Gasteiger partial charge >= 0.3 is 0 Å². The molecule has 116 valence electrons. The number of nitrogens with one attached hydrogen (secondary N) is 1. The zero-order valence-corrected chi connectivity index (χ0v) is 14.3. The molecule has 3 heterocycles. The van der Waals surface area contributed by atoms with Gasteiger partial charge in [0.05, 0.1) is 18.0 Å². The van der Waals surface area contributed by atoms with Gasteiger partial charge in [-0.3, -0.25) is 4.79 Å². The van der Waals surface area contributed by atoms with E-state index in [1.807, 2.05) is 18.2 Å². The fourth-order valence-electron chi connectivity index (χ4n) is 2.95. The highest BCUT2D eigenvalue weighted by molar-refractivity contribution is 9.10. The first-order valence-corrected chi connectivity index (χ1v) is 8.37. The summed E-state index contributed by atoms with van der Waals surface area (Å²) in [6.07, 6.45) is 4.08. The Morgan fingerprint density at radius 3 is 3.13 bits per heavy atom. The van der Waals surface area contributed by atoms with E-state index in [4.69, 9.17) is 16.3 Å². The molecule has 1 unspecified atom stereocenters. The number of ether oxygens (including phenoxy) is 1. The Hall–Kier alpha value is -1.85. The summed E-state index contributed by atoms with van der Waals surface area (Å²) < 4.78 is 6.46. The van der Waals surface area contributed by atoms with E-state index in [2.05, 4.69) is 25.9 Å². The number of carbonyl (C=O) groups is 1. The van der Waals surface area contributed by atoms with Gasteiger partial charge in [-0.05, 0) is 52.2 Å². The number of aromatic amines is 1. The molecule has 6 heteroatoms. The highest BCUT2D eigenvalue weighted by Crippen LogP contribution is 2.32. The van der Waals surface area contributed by atoms with E-state index in [1.54, 1.807) is 18.5 Å². The largest absolute Gasteiger partial charge is 0.493 e. The van der Waals surface area contributed by atoms with E-state index in [9.17, 15) is 4.79 Å². The second-order valence-corrected chi connectivity index (χ2v) is 6.83. The smallest absolute Gasteiger partial charge is 0.171 e. The van der Waals surface area contributed by atoms with Gasteiger partial charge in [-0.1, -0.05) is 11.6 Å². The van der Waals surface area contributed by atoms with E-state index in [-0.39, 0.29) is 11.7 Å². The third kappa shape index (κ3) is 2.64. The first-order valence-electron chi connectivity index (χ1n) is 7.20. The summed E-state index contributed by atoms with van der Waals surface area (Å²) in [5, 5.41) is 1.48. The predicted octanol–water partition coefficient (Wildman–Crippen LogP) is 4.41. The lowest BCUT2D eigenvalue weighted by Gasteiger charge is -2.24. The Kier molecular flexibility index (Phi) is 3.62. The molecule has 2 aromatic heterocycles. The van der Waals surface area contributed by atoms with Gasteiger partial charge in [-0.15, -0.1) is 0 Å². The average Bonchev–Trinajstić information content (AvgIpc) is 2.96. The molecule has 4 nitrogen and oxygen atoms in total. The molecule has 0 saturated heterocycles. The first-order chi connectivity index (χ1) is 11.1. The fourth-order valence-corrected chi connectivity index (χ4v) is 3.47. The Morgan fingerprint density at radius 1 is 1.39 bits per heavy atom. The lowest BCUT2D eigenvalue weighted by molar-refractivity contribution is 0.0857. The number of halogens is 2. The van der Waals surface area contributed by atoms with Crippen LogP contribution in [0.3, 0.4) is 0 Å². The van der Waals surface area contributed by atoms with Crippen molar-refractivity contribution in [1.29, 1.82) is 0 Å². The number of nitrogens with zero attached hydrogens (tertiary/aromatic N) is 1. The number of hydrogen-bond donors (Lipinski definition) is 1. The van der Waals surface area contributed by atoms with E-state index in [0.29, 0.717) is 23.6 Å². The highest BCUT2D eigenvalue weighted by atomic mass is 79.9. The highest BCUT2D eigenvalue weighted by Gasteiger charge is 2.28. The normalized spacial score (nSPS) is 16.9. The zero-order chi connectivity index (χ0) is 16.0. The van der Waals surface area contributed by atoms with Crippen LogP contribution < -0.4 is 4.74 Å². The summed E-state index contributed by atoms with van der Waals surface area (Å²) in [7, 11) is 0. The van der Waals surface area contributed by atoms with Crippen molar-refractivity contribution in [2.24, 2.45) is 5.92 Å². The molecule has 0 aliphatic carbocycles. The molecule has 3 aromatic rings. The van der Waals surface area contributed by atoms with Crippen LogP contribution in [0.4, 0.5) is 0 Å². The number of pyridine rings is 1. The lowest BCUT2D eigenvalue weighted by atomic mass is 9.90. The van der Waals surface area contributed by atoms with Gasteiger partial charge in [0.25, 0.3) is 0 Å². The maximum absolute atomic E-state index is 12.9. The minimum Gasteiger partial charge on any atom is -0.493 e. The van der Waals surface area contributed by atoms with E-state index < -0.39 is 0 Å². The molecular weight excluding hydrogens is 380 g/mol. The molecule has 0 radical (unpaired) electrons. The van der Waals surface area contributed by atoms with E-state index in [0.717, 1.165) is 26.8 Å². The predicted molar refractivity (Wildman–Crippen MR) is 92.3 cm³/mol. The van der Waals surface area contributed by atoms with Crippen molar-refractivity contribution >= 4 is 44.2 Å². The molecule has 0 saturated carbocycles. The zero-order valence-electron chi connectivity index (χ0n) is 12.0. The van der Waals surface area contributed by atoms with Crippen molar-refractivity contribution < 1.29 is 9.53 Å². The third-order valence-electron chi connectivity index (χ3n) is 4.10. The van der Waals surface area contributed by atoms with Crippen LogP contribution in [0.15, 0.2) is 41.3 Å². The van der Waals surface area contributed by atoms with Crippen molar-refractivity contribution in [1.82, 2.24) is 9.97 Å². The second kappa shape index (κ2) is 5.65. The van der Waals surface area contributed by atoms with Crippen LogP contribution in [0, 0.1) is 5.92 Å². The minimum absolute atomic E-state index is 0.0611. The number of Topliss-reactive ketones (excluding diaryl/α,β-unsaturated/α-hetero) is 1. The molecule has 1 N–H and O–H groups in total. The molecule has 4 rings (SSSR count). The van der Waals surface area contributed by atoms with Crippen LogP contribution in [-0.4, -0.2) is 22.4 Å². The number of hydrogen-bond acceptors (Lipinski definition) is 3. The number of benzene rings is 1. The first kappa shape index (κ1) is 14.7. The average molecular weight is 392 g/mol. The van der Waals surface area contributed by atoms with Gasteiger partial charge in [0, 0.05) is 28.4 Å². The summed E-state index contributed by atoms with van der Waals surface area (Å²) in [6, 6.07) is 7.38. The maximum atomic E-state index is 12.9. The van der Waals surface area contributed by atoms with E-state index >= 15 is 0 Å². The van der Waals surface area contributed by atoms with Gasteiger partial charge in [0.15, 0.2) is 5.78 Å². The van der Waals surface area contributed by atoms with Crippen molar-refractivity contribution in [3.8, 4) is 5.75 Å². The van der Waals surface area contributed by atoms with Gasteiger partial charge in [0.2, 0.25) is 0 Å². The standard InChI is InChI=1S/C17H12BrClN2O2/c18-16-5-14-12(6-21-16)13(7-20-14)17(22)10-3-9-4-11(19)1-2-15(9)23-8-10/h1-2,4-7,10,20H,3,8H2. The summed E-state index contributed by atoms with van der Waals surface area (Å²) in [6.45, 7) is 0.379. The number of fused-ring (bicyclic) bond motifs is 2. The topological polar surface area (TPSA) is 55.0 Å². The van der Waals surface area contributed by atoms with Crippen LogP contribution in [0.2, 0.25) is 5.02 Å². The Morgan fingerprint density at radius 2 is 2.26 bits per heavy atom. The number of carbonyl (C=O) groups excluding carboxylic acids is 1. The molecule has 1 aromatic carbocycles. The van der Waals surface area contributed by atoms with Gasteiger partial charge in [-0.2, -0.15) is 0 Å². The number of rotatable bonds is 2. The summed E-state index contributed by atoms with van der Waals surface area (Å²) in [5.41, 5.74) is 2.51. The van der Waals surface area contributed by atoms with Crippen molar-refractivity contribution in [3.05, 3.63) is 57.4 Å². The number of ketones is 1. The van der Waals surface area contributed by atoms with E-state index in [1.165, 1.54) is 0 Å². The van der Waals surface area contributed by atoms with Gasteiger partial charge < -0.3 is 9.72 Å². The van der Waals surface area contributed by atoms with Crippen molar-refractivity contribution in [2.45, 2.75) is 6.42 Å². The van der Waals surface area contributed by atoms with Crippen molar-refractivity contribution in [2.75, 3.05) is 6.61 Å². The molecule has 0 amide bonds. The fraction of sp³-hybridized carbons (Fsp3) is 0.176. The van der Waals surface area contributed by atoms with Crippen LogP contribution in [0.25, 0.3) is 10.9 Å². The third-order valence-corrected chi connectivity index (χ3v) is 4.77. The molecule has 1 aliphatic rings. The number of H-pyrrole nitrogens is 1. The maximum Gasteiger partial charge on any atom is 0.171 e. The molecule has 0 spiro atoms. The summed E-state index contributed by atoms with van der Waals surface area (Å²) in [5.74, 6) is 0.651. The Balaban J connectivity index is 1.66. The van der Waals surface area contributed by atoms with Gasteiger partial charge in [0.1, 0.15) is 10.4 Å². The minimum atomic E-state index is -0.219. The summed E-state index contributed by atoms with van der Waals surface area (Å²) >= 11 is 9.37. The number of aromatic nitrogens is 2. The van der Waals surface area contributed by atoms with Gasteiger partial charge in [-0.25, -0.2) is 4.98 Å². The van der Waals surface area contributed by atoms with Crippen LogP contribution in [0.1, 0.15) is 15.9 Å². The molecule has 23 heavy (non-hydrogen) atoms.